The molecule has 21 heavy (non-hydrogen) atoms. The highest BCUT2D eigenvalue weighted by atomic mass is 16.6. The molecule has 1 aromatic heterocycles. The van der Waals surface area contributed by atoms with Gasteiger partial charge in [0.25, 0.3) is 0 Å². The van der Waals surface area contributed by atoms with Crippen molar-refractivity contribution in [2.24, 2.45) is 7.05 Å². The average molecular weight is 294 g/mol. The molecule has 6 heteroatoms. The number of nitrogens with zero attached hydrogens (tertiary/aromatic N) is 3. The molecule has 0 atom stereocenters. The van der Waals surface area contributed by atoms with Crippen molar-refractivity contribution in [3.8, 4) is 0 Å². The summed E-state index contributed by atoms with van der Waals surface area (Å²) >= 11 is 0. The first-order valence-electron chi connectivity index (χ1n) is 7.51. The van der Waals surface area contributed by atoms with Crippen LogP contribution in [0.3, 0.4) is 0 Å². The summed E-state index contributed by atoms with van der Waals surface area (Å²) in [7, 11) is 1.94. The summed E-state index contributed by atoms with van der Waals surface area (Å²) in [6.45, 7) is 9.97. The number of ether oxygens (including phenoxy) is 1. The minimum Gasteiger partial charge on any atom is -0.444 e. The van der Waals surface area contributed by atoms with Crippen LogP contribution < -0.4 is 5.32 Å². The van der Waals surface area contributed by atoms with Crippen LogP contribution in [0.2, 0.25) is 0 Å². The minimum absolute atomic E-state index is 0.226. The predicted octanol–water partition coefficient (Wildman–Crippen LogP) is 1.69. The number of nitrogens with one attached hydrogen (secondary N) is 1. The van der Waals surface area contributed by atoms with E-state index < -0.39 is 5.60 Å². The zero-order chi connectivity index (χ0) is 15.6. The molecular weight excluding hydrogens is 268 g/mol. The maximum atomic E-state index is 11.8. The van der Waals surface area contributed by atoms with Crippen LogP contribution in [-0.2, 0) is 24.8 Å². The number of carbonyl (C=O) groups is 1. The maximum Gasteiger partial charge on any atom is 0.410 e. The second kappa shape index (κ2) is 6.05. The first-order chi connectivity index (χ1) is 9.78. The molecule has 0 aromatic carbocycles. The summed E-state index contributed by atoms with van der Waals surface area (Å²) in [5.74, 6) is 0. The number of hydrogen-bond donors (Lipinski definition) is 1. The molecule has 0 unspecified atom stereocenters. The standard InChI is InChI=1S/C15H26N4O2/c1-6-13-11(8-18(5)17-13)7-16-12-9-19(10-12)14(20)21-15(2,3)4/h8,12,16H,6-7,9-10H2,1-5H3. The van der Waals surface area contributed by atoms with Gasteiger partial charge in [0.1, 0.15) is 5.60 Å². The second-order valence-electron chi connectivity index (χ2n) is 6.59. The van der Waals surface area contributed by atoms with E-state index in [9.17, 15) is 4.79 Å². The van der Waals surface area contributed by atoms with Crippen molar-refractivity contribution >= 4 is 6.09 Å². The Morgan fingerprint density at radius 1 is 1.48 bits per heavy atom. The Hall–Kier alpha value is -1.56. The van der Waals surface area contributed by atoms with Crippen LogP contribution in [0.15, 0.2) is 6.20 Å². The minimum atomic E-state index is -0.429. The fraction of sp³-hybridized carbons (Fsp3) is 0.733. The molecule has 2 rings (SSSR count). The van der Waals surface area contributed by atoms with E-state index in [1.807, 2.05) is 32.5 Å². The zero-order valence-electron chi connectivity index (χ0n) is 13.6. The molecule has 0 saturated carbocycles. The maximum absolute atomic E-state index is 11.8. The van der Waals surface area contributed by atoms with Crippen LogP contribution in [0.25, 0.3) is 0 Å². The predicted molar refractivity (Wildman–Crippen MR) is 81.0 cm³/mol. The van der Waals surface area contributed by atoms with E-state index in [0.717, 1.165) is 18.7 Å². The molecule has 2 heterocycles. The highest BCUT2D eigenvalue weighted by Gasteiger charge is 2.33. The van der Waals surface area contributed by atoms with E-state index in [2.05, 4.69) is 23.5 Å². The van der Waals surface area contributed by atoms with Crippen molar-refractivity contribution in [1.29, 1.82) is 0 Å². The number of carbonyl (C=O) groups excluding carboxylic acids is 1. The lowest BCUT2D eigenvalue weighted by Crippen LogP contribution is -2.60. The van der Waals surface area contributed by atoms with Gasteiger partial charge in [0, 0.05) is 44.5 Å². The Kier molecular flexibility index (Phi) is 4.56. The number of hydrogen-bond acceptors (Lipinski definition) is 4. The van der Waals surface area contributed by atoms with Gasteiger partial charge < -0.3 is 15.0 Å². The number of amides is 1. The molecule has 0 spiro atoms. The number of rotatable bonds is 4. The van der Waals surface area contributed by atoms with Gasteiger partial charge in [-0.15, -0.1) is 0 Å². The van der Waals surface area contributed by atoms with Gasteiger partial charge in [0.15, 0.2) is 0 Å². The quantitative estimate of drug-likeness (QED) is 0.918. The summed E-state index contributed by atoms with van der Waals surface area (Å²) in [6, 6.07) is 0.336. The molecule has 118 valence electrons. The third-order valence-corrected chi connectivity index (χ3v) is 3.44. The van der Waals surface area contributed by atoms with Gasteiger partial charge in [0.05, 0.1) is 5.69 Å². The zero-order valence-corrected chi connectivity index (χ0v) is 13.6. The van der Waals surface area contributed by atoms with E-state index in [4.69, 9.17) is 4.74 Å². The third kappa shape index (κ3) is 4.20. The van der Waals surface area contributed by atoms with E-state index in [1.54, 1.807) is 4.90 Å². The summed E-state index contributed by atoms with van der Waals surface area (Å²) in [5, 5.41) is 7.89. The summed E-state index contributed by atoms with van der Waals surface area (Å²) in [5.41, 5.74) is 1.94. The Labute approximate surface area is 126 Å². The van der Waals surface area contributed by atoms with E-state index in [-0.39, 0.29) is 6.09 Å². The molecule has 1 fully saturated rings. The van der Waals surface area contributed by atoms with Crippen LogP contribution in [-0.4, -0.2) is 45.5 Å². The van der Waals surface area contributed by atoms with Crippen molar-refractivity contribution in [1.82, 2.24) is 20.0 Å². The first kappa shape index (κ1) is 15.8. The van der Waals surface area contributed by atoms with Crippen LogP contribution in [0.1, 0.15) is 39.0 Å². The molecule has 1 aliphatic rings. The molecule has 1 aromatic rings. The Morgan fingerprint density at radius 3 is 2.71 bits per heavy atom. The third-order valence-electron chi connectivity index (χ3n) is 3.44. The van der Waals surface area contributed by atoms with Crippen molar-refractivity contribution in [2.75, 3.05) is 13.1 Å². The largest absolute Gasteiger partial charge is 0.444 e. The fourth-order valence-corrected chi connectivity index (χ4v) is 2.37. The molecule has 1 N–H and O–H groups in total. The Morgan fingerprint density at radius 2 is 2.14 bits per heavy atom. The molecule has 1 saturated heterocycles. The number of aromatic nitrogens is 2. The van der Waals surface area contributed by atoms with Crippen molar-refractivity contribution in [3.05, 3.63) is 17.5 Å². The van der Waals surface area contributed by atoms with Gasteiger partial charge in [-0.05, 0) is 27.2 Å². The number of aryl methyl sites for hydroxylation is 2. The Balaban J connectivity index is 1.74. The number of likely N-dealkylation sites (tertiary alicyclic amines) is 1. The van der Waals surface area contributed by atoms with E-state index in [1.165, 1.54) is 5.56 Å². The van der Waals surface area contributed by atoms with Crippen molar-refractivity contribution in [3.63, 3.8) is 0 Å². The molecular formula is C15H26N4O2. The van der Waals surface area contributed by atoms with E-state index in [0.29, 0.717) is 19.1 Å². The average Bonchev–Trinajstić information content (AvgIpc) is 2.65. The molecule has 1 amide bonds. The van der Waals surface area contributed by atoms with Gasteiger partial charge >= 0.3 is 6.09 Å². The van der Waals surface area contributed by atoms with Crippen molar-refractivity contribution in [2.45, 2.75) is 52.3 Å². The highest BCUT2D eigenvalue weighted by molar-refractivity contribution is 5.69. The molecule has 0 aliphatic carbocycles. The van der Waals surface area contributed by atoms with Crippen LogP contribution in [0, 0.1) is 0 Å². The summed E-state index contributed by atoms with van der Waals surface area (Å²) < 4.78 is 7.19. The SMILES string of the molecule is CCc1nn(C)cc1CNC1CN(C(=O)OC(C)(C)C)C1. The second-order valence-corrected chi connectivity index (χ2v) is 6.59. The van der Waals surface area contributed by atoms with Gasteiger partial charge in [0.2, 0.25) is 0 Å². The topological polar surface area (TPSA) is 59.4 Å². The lowest BCUT2D eigenvalue weighted by molar-refractivity contribution is 0.00518. The monoisotopic (exact) mass is 294 g/mol. The normalized spacial score (nSPS) is 16.0. The fourth-order valence-electron chi connectivity index (χ4n) is 2.37. The van der Waals surface area contributed by atoms with Crippen LogP contribution in [0.4, 0.5) is 4.79 Å². The van der Waals surface area contributed by atoms with Gasteiger partial charge in [-0.2, -0.15) is 5.10 Å². The molecule has 0 bridgehead atoms. The van der Waals surface area contributed by atoms with Crippen LogP contribution in [0.5, 0.6) is 0 Å². The molecule has 1 aliphatic heterocycles. The lowest BCUT2D eigenvalue weighted by atomic mass is 10.1. The smallest absolute Gasteiger partial charge is 0.410 e. The summed E-state index contributed by atoms with van der Waals surface area (Å²) in [4.78, 5) is 13.6. The van der Waals surface area contributed by atoms with Crippen LogP contribution >= 0.6 is 0 Å². The highest BCUT2D eigenvalue weighted by Crippen LogP contribution is 2.16. The molecule has 0 radical (unpaired) electrons. The van der Waals surface area contributed by atoms with Gasteiger partial charge in [-0.25, -0.2) is 4.79 Å². The first-order valence-corrected chi connectivity index (χ1v) is 7.51. The lowest BCUT2D eigenvalue weighted by Gasteiger charge is -2.40. The molecule has 6 nitrogen and oxygen atoms in total. The van der Waals surface area contributed by atoms with Gasteiger partial charge in [-0.3, -0.25) is 4.68 Å². The van der Waals surface area contributed by atoms with Crippen molar-refractivity contribution < 1.29 is 9.53 Å². The Bertz CT molecular complexity index is 498. The summed E-state index contributed by atoms with van der Waals surface area (Å²) in [6.07, 6.45) is 2.76. The van der Waals surface area contributed by atoms with E-state index >= 15 is 0 Å². The van der Waals surface area contributed by atoms with Gasteiger partial charge in [-0.1, -0.05) is 6.92 Å².